The largest absolute Gasteiger partial charge is 0.494 e. The standard InChI is InChI=1S/C17H27N3OS.HI/c1-5-21-15-9-7-6-8-14(15)12-19-16(18-4)20-10-11-22-17(2,3)13-20;/h6-9H,5,10-13H2,1-4H3,(H,18,19);1H. The van der Waals surface area contributed by atoms with Crippen LogP contribution in [0, 0.1) is 0 Å². The highest BCUT2D eigenvalue weighted by atomic mass is 127. The first-order chi connectivity index (χ1) is 10.6. The monoisotopic (exact) mass is 449 g/mol. The number of aliphatic imine (C=N–C) groups is 1. The van der Waals surface area contributed by atoms with Gasteiger partial charge in [0, 0.05) is 42.7 Å². The van der Waals surface area contributed by atoms with Gasteiger partial charge < -0.3 is 15.0 Å². The molecule has 1 heterocycles. The van der Waals surface area contributed by atoms with E-state index in [1.165, 1.54) is 0 Å². The number of benzene rings is 1. The number of ether oxygens (including phenoxy) is 1. The first-order valence-corrected chi connectivity index (χ1v) is 8.84. The maximum Gasteiger partial charge on any atom is 0.193 e. The van der Waals surface area contributed by atoms with E-state index in [9.17, 15) is 0 Å². The summed E-state index contributed by atoms with van der Waals surface area (Å²) in [5.74, 6) is 3.06. The lowest BCUT2D eigenvalue weighted by atomic mass is 10.2. The van der Waals surface area contributed by atoms with Crippen LogP contribution in [0.5, 0.6) is 5.75 Å². The van der Waals surface area contributed by atoms with E-state index in [1.54, 1.807) is 0 Å². The van der Waals surface area contributed by atoms with Gasteiger partial charge in [0.15, 0.2) is 5.96 Å². The van der Waals surface area contributed by atoms with Crippen LogP contribution in [0.2, 0.25) is 0 Å². The fourth-order valence-corrected chi connectivity index (χ4v) is 3.76. The van der Waals surface area contributed by atoms with Crippen molar-refractivity contribution in [1.29, 1.82) is 0 Å². The van der Waals surface area contributed by atoms with Crippen LogP contribution in [0.15, 0.2) is 29.3 Å². The number of guanidine groups is 1. The van der Waals surface area contributed by atoms with Crippen LogP contribution >= 0.6 is 35.7 Å². The third-order valence-electron chi connectivity index (χ3n) is 3.65. The molecule has 0 atom stereocenters. The van der Waals surface area contributed by atoms with Gasteiger partial charge in [-0.25, -0.2) is 0 Å². The Kier molecular flexibility index (Phi) is 8.53. The van der Waals surface area contributed by atoms with E-state index in [1.807, 2.05) is 43.9 Å². The maximum atomic E-state index is 5.68. The summed E-state index contributed by atoms with van der Waals surface area (Å²) in [7, 11) is 1.85. The van der Waals surface area contributed by atoms with E-state index in [2.05, 4.69) is 35.1 Å². The lowest BCUT2D eigenvalue weighted by Crippen LogP contribution is -2.50. The van der Waals surface area contributed by atoms with Gasteiger partial charge in [-0.05, 0) is 26.8 Å². The average molecular weight is 449 g/mol. The fourth-order valence-electron chi connectivity index (χ4n) is 2.65. The summed E-state index contributed by atoms with van der Waals surface area (Å²) >= 11 is 2.03. The number of nitrogens with one attached hydrogen (secondary N) is 1. The Morgan fingerprint density at radius 1 is 1.39 bits per heavy atom. The molecule has 1 saturated heterocycles. The highest BCUT2D eigenvalue weighted by molar-refractivity contribution is 14.0. The van der Waals surface area contributed by atoms with Gasteiger partial charge in [-0.3, -0.25) is 4.99 Å². The van der Waals surface area contributed by atoms with Crippen LogP contribution < -0.4 is 10.1 Å². The molecule has 1 aromatic carbocycles. The molecular weight excluding hydrogens is 421 g/mol. The predicted molar refractivity (Wildman–Crippen MR) is 111 cm³/mol. The topological polar surface area (TPSA) is 36.9 Å². The van der Waals surface area contributed by atoms with Crippen molar-refractivity contribution in [3.8, 4) is 5.75 Å². The first kappa shape index (κ1) is 20.4. The second kappa shape index (κ2) is 9.61. The molecule has 0 radical (unpaired) electrons. The lowest BCUT2D eigenvalue weighted by Gasteiger charge is -2.39. The summed E-state index contributed by atoms with van der Waals surface area (Å²) < 4.78 is 5.96. The third-order valence-corrected chi connectivity index (χ3v) is 4.94. The summed E-state index contributed by atoms with van der Waals surface area (Å²) in [5, 5.41) is 3.48. The molecule has 6 heteroatoms. The minimum absolute atomic E-state index is 0. The van der Waals surface area contributed by atoms with Gasteiger partial charge in [0.05, 0.1) is 6.61 Å². The molecule has 0 bridgehead atoms. The van der Waals surface area contributed by atoms with E-state index in [4.69, 9.17) is 4.74 Å². The van der Waals surface area contributed by atoms with Gasteiger partial charge in [0.2, 0.25) is 0 Å². The van der Waals surface area contributed by atoms with Gasteiger partial charge in [-0.15, -0.1) is 24.0 Å². The molecule has 0 aromatic heterocycles. The summed E-state index contributed by atoms with van der Waals surface area (Å²) in [6.07, 6.45) is 0. The predicted octanol–water partition coefficient (Wildman–Crippen LogP) is 3.61. The zero-order valence-electron chi connectivity index (χ0n) is 14.5. The number of halogens is 1. The van der Waals surface area contributed by atoms with Crippen molar-refractivity contribution in [3.05, 3.63) is 29.8 Å². The summed E-state index contributed by atoms with van der Waals surface area (Å²) in [6.45, 7) is 10.1. The molecule has 1 aliphatic heterocycles. The second-order valence-electron chi connectivity index (χ2n) is 5.97. The number of hydrogen-bond acceptors (Lipinski definition) is 3. The fraction of sp³-hybridized carbons (Fsp3) is 0.588. The Bertz CT molecular complexity index is 522. The molecule has 130 valence electrons. The molecule has 1 fully saturated rings. The number of thioether (sulfide) groups is 1. The van der Waals surface area contributed by atoms with Crippen molar-refractivity contribution in [2.75, 3.05) is 32.5 Å². The number of hydrogen-bond donors (Lipinski definition) is 1. The van der Waals surface area contributed by atoms with E-state index in [0.29, 0.717) is 6.61 Å². The smallest absolute Gasteiger partial charge is 0.193 e. The second-order valence-corrected chi connectivity index (χ2v) is 7.77. The third kappa shape index (κ3) is 6.06. The van der Waals surface area contributed by atoms with Gasteiger partial charge in [0.25, 0.3) is 0 Å². The summed E-state index contributed by atoms with van der Waals surface area (Å²) in [6, 6.07) is 8.17. The molecule has 1 aliphatic rings. The van der Waals surface area contributed by atoms with Crippen molar-refractivity contribution in [3.63, 3.8) is 0 Å². The van der Waals surface area contributed by atoms with Crippen molar-refractivity contribution < 1.29 is 4.74 Å². The van der Waals surface area contributed by atoms with Crippen molar-refractivity contribution in [2.45, 2.75) is 32.1 Å². The molecular formula is C17H28IN3OS. The van der Waals surface area contributed by atoms with E-state index in [0.717, 1.165) is 42.7 Å². The molecule has 23 heavy (non-hydrogen) atoms. The molecule has 1 aromatic rings. The first-order valence-electron chi connectivity index (χ1n) is 7.86. The summed E-state index contributed by atoms with van der Waals surface area (Å²) in [4.78, 5) is 6.80. The number of para-hydroxylation sites is 1. The normalized spacial score (nSPS) is 17.4. The van der Waals surface area contributed by atoms with Gasteiger partial charge >= 0.3 is 0 Å². The quantitative estimate of drug-likeness (QED) is 0.433. The molecule has 0 unspecified atom stereocenters. The Morgan fingerprint density at radius 2 is 2.13 bits per heavy atom. The molecule has 0 saturated carbocycles. The number of nitrogens with zero attached hydrogens (tertiary/aromatic N) is 2. The van der Waals surface area contributed by atoms with Gasteiger partial charge in [-0.2, -0.15) is 11.8 Å². The molecule has 0 aliphatic carbocycles. The Balaban J connectivity index is 0.00000264. The van der Waals surface area contributed by atoms with Crippen molar-refractivity contribution in [2.24, 2.45) is 4.99 Å². The van der Waals surface area contributed by atoms with Crippen LogP contribution in [0.4, 0.5) is 0 Å². The van der Waals surface area contributed by atoms with Crippen LogP contribution in [-0.4, -0.2) is 48.1 Å². The number of rotatable bonds is 4. The highest BCUT2D eigenvalue weighted by Gasteiger charge is 2.28. The maximum absolute atomic E-state index is 5.68. The Morgan fingerprint density at radius 3 is 2.78 bits per heavy atom. The molecule has 1 N–H and O–H groups in total. The summed E-state index contributed by atoms with van der Waals surface area (Å²) in [5.41, 5.74) is 1.16. The molecule has 4 nitrogen and oxygen atoms in total. The van der Waals surface area contributed by atoms with Crippen LogP contribution in [0.3, 0.4) is 0 Å². The van der Waals surface area contributed by atoms with Crippen LogP contribution in [-0.2, 0) is 6.54 Å². The lowest BCUT2D eigenvalue weighted by molar-refractivity contribution is 0.335. The van der Waals surface area contributed by atoms with Crippen molar-refractivity contribution >= 4 is 41.7 Å². The highest BCUT2D eigenvalue weighted by Crippen LogP contribution is 2.29. The van der Waals surface area contributed by atoms with Gasteiger partial charge in [0.1, 0.15) is 5.75 Å². The Hall–Kier alpha value is -0.630. The minimum Gasteiger partial charge on any atom is -0.494 e. The average Bonchev–Trinajstić information content (AvgIpc) is 2.49. The Labute approximate surface area is 161 Å². The molecule has 0 spiro atoms. The van der Waals surface area contributed by atoms with Crippen LogP contribution in [0.25, 0.3) is 0 Å². The van der Waals surface area contributed by atoms with Gasteiger partial charge in [-0.1, -0.05) is 18.2 Å². The zero-order chi connectivity index (χ0) is 16.0. The molecule has 0 amide bonds. The zero-order valence-corrected chi connectivity index (χ0v) is 17.6. The minimum atomic E-state index is 0. The molecule has 2 rings (SSSR count). The SMILES string of the molecule is CCOc1ccccc1CNC(=NC)N1CCSC(C)(C)C1.I. The van der Waals surface area contributed by atoms with E-state index >= 15 is 0 Å². The van der Waals surface area contributed by atoms with E-state index < -0.39 is 0 Å². The van der Waals surface area contributed by atoms with E-state index in [-0.39, 0.29) is 28.7 Å². The van der Waals surface area contributed by atoms with Crippen LogP contribution in [0.1, 0.15) is 26.3 Å². The van der Waals surface area contributed by atoms with Crippen molar-refractivity contribution in [1.82, 2.24) is 10.2 Å².